The van der Waals surface area contributed by atoms with Crippen molar-refractivity contribution in [2.24, 2.45) is 0 Å². The first-order chi connectivity index (χ1) is 8.93. The zero-order valence-electron chi connectivity index (χ0n) is 10.8. The lowest BCUT2D eigenvalue weighted by molar-refractivity contribution is -0.140. The van der Waals surface area contributed by atoms with Crippen molar-refractivity contribution in [3.63, 3.8) is 0 Å². The van der Waals surface area contributed by atoms with Crippen LogP contribution in [-0.2, 0) is 6.18 Å². The molecule has 1 nitrogen and oxygen atoms in total. The van der Waals surface area contributed by atoms with Crippen molar-refractivity contribution in [1.29, 1.82) is 0 Å². The molecule has 1 saturated heterocycles. The summed E-state index contributed by atoms with van der Waals surface area (Å²) in [5, 5.41) is 0. The maximum atomic E-state index is 14.0. The van der Waals surface area contributed by atoms with Crippen LogP contribution < -0.4 is 0 Å². The Kier molecular flexibility index (Phi) is 4.13. The molecule has 5 heteroatoms. The molecule has 0 spiro atoms. The highest BCUT2D eigenvalue weighted by molar-refractivity contribution is 5.31. The Morgan fingerprint density at radius 1 is 1.21 bits per heavy atom. The second-order valence-electron chi connectivity index (χ2n) is 4.92. The fourth-order valence-corrected chi connectivity index (χ4v) is 2.64. The van der Waals surface area contributed by atoms with Gasteiger partial charge in [0.15, 0.2) is 0 Å². The monoisotopic (exact) mass is 275 g/mol. The molecule has 0 bridgehead atoms. The predicted molar refractivity (Wildman–Crippen MR) is 65.5 cm³/mol. The van der Waals surface area contributed by atoms with E-state index in [1.54, 1.807) is 0 Å². The molecule has 1 heterocycles. The number of hydrogen-bond donors (Lipinski definition) is 0. The molecule has 1 fully saturated rings. The largest absolute Gasteiger partial charge is 0.419 e. The van der Waals surface area contributed by atoms with E-state index in [1.807, 2.05) is 6.92 Å². The Morgan fingerprint density at radius 2 is 1.84 bits per heavy atom. The van der Waals surface area contributed by atoms with Gasteiger partial charge in [0, 0.05) is 0 Å². The van der Waals surface area contributed by atoms with Crippen LogP contribution in [0.5, 0.6) is 0 Å². The number of alkyl halides is 3. The molecule has 2 rings (SSSR count). The van der Waals surface area contributed by atoms with E-state index in [0.29, 0.717) is 12.8 Å². The molecule has 1 aromatic rings. The van der Waals surface area contributed by atoms with E-state index in [-0.39, 0.29) is 11.5 Å². The standard InChI is InChI=1S/C14H17F4N/c1-2-19-8-6-10(7-9-19)11-4-3-5-12(13(11)15)14(16,17)18/h3-5,10H,2,6-9H2,1H3. The van der Waals surface area contributed by atoms with Gasteiger partial charge in [0.25, 0.3) is 0 Å². The number of benzene rings is 1. The summed E-state index contributed by atoms with van der Waals surface area (Å²) >= 11 is 0. The summed E-state index contributed by atoms with van der Waals surface area (Å²) < 4.78 is 52.0. The van der Waals surface area contributed by atoms with Crippen LogP contribution in [-0.4, -0.2) is 24.5 Å². The number of rotatable bonds is 2. The Morgan fingerprint density at radius 3 is 2.37 bits per heavy atom. The van der Waals surface area contributed by atoms with Crippen LogP contribution in [0.25, 0.3) is 0 Å². The fraction of sp³-hybridized carbons (Fsp3) is 0.571. The maximum Gasteiger partial charge on any atom is 0.419 e. The molecule has 0 radical (unpaired) electrons. The van der Waals surface area contributed by atoms with Crippen molar-refractivity contribution in [3.05, 3.63) is 35.1 Å². The Bertz CT molecular complexity index is 434. The van der Waals surface area contributed by atoms with Crippen molar-refractivity contribution >= 4 is 0 Å². The second-order valence-corrected chi connectivity index (χ2v) is 4.92. The average molecular weight is 275 g/mol. The molecule has 0 atom stereocenters. The van der Waals surface area contributed by atoms with E-state index in [1.165, 1.54) is 12.1 Å². The van der Waals surface area contributed by atoms with E-state index in [9.17, 15) is 17.6 Å². The van der Waals surface area contributed by atoms with Gasteiger partial charge in [-0.05, 0) is 50.0 Å². The predicted octanol–water partition coefficient (Wildman–Crippen LogP) is 4.04. The number of hydrogen-bond acceptors (Lipinski definition) is 1. The van der Waals surface area contributed by atoms with Gasteiger partial charge in [0.1, 0.15) is 5.82 Å². The Balaban J connectivity index is 2.22. The summed E-state index contributed by atoms with van der Waals surface area (Å²) in [5.74, 6) is -1.20. The van der Waals surface area contributed by atoms with Gasteiger partial charge in [0.2, 0.25) is 0 Å². The van der Waals surface area contributed by atoms with Gasteiger partial charge in [-0.2, -0.15) is 13.2 Å². The summed E-state index contributed by atoms with van der Waals surface area (Å²) in [7, 11) is 0. The van der Waals surface area contributed by atoms with Gasteiger partial charge in [0.05, 0.1) is 5.56 Å². The smallest absolute Gasteiger partial charge is 0.304 e. The summed E-state index contributed by atoms with van der Waals surface area (Å²) in [6.45, 7) is 4.61. The first kappa shape index (κ1) is 14.3. The van der Waals surface area contributed by atoms with E-state index >= 15 is 0 Å². The van der Waals surface area contributed by atoms with E-state index in [0.717, 1.165) is 25.7 Å². The minimum Gasteiger partial charge on any atom is -0.304 e. The molecular weight excluding hydrogens is 258 g/mol. The molecule has 0 unspecified atom stereocenters. The summed E-state index contributed by atoms with van der Waals surface area (Å²) in [5.41, 5.74) is -0.937. The summed E-state index contributed by atoms with van der Waals surface area (Å²) in [6, 6.07) is 3.59. The third kappa shape index (κ3) is 3.08. The van der Waals surface area contributed by atoms with E-state index < -0.39 is 17.6 Å². The molecule has 0 aliphatic carbocycles. The molecule has 0 N–H and O–H groups in total. The molecule has 0 saturated carbocycles. The average Bonchev–Trinajstić information content (AvgIpc) is 2.38. The zero-order valence-corrected chi connectivity index (χ0v) is 10.8. The third-order valence-corrected chi connectivity index (χ3v) is 3.81. The molecule has 0 aromatic heterocycles. The van der Waals surface area contributed by atoms with Crippen LogP contribution in [0, 0.1) is 5.82 Å². The van der Waals surface area contributed by atoms with Crippen molar-refractivity contribution < 1.29 is 17.6 Å². The van der Waals surface area contributed by atoms with Crippen molar-refractivity contribution in [2.45, 2.75) is 31.9 Å². The minimum absolute atomic E-state index is 0.106. The van der Waals surface area contributed by atoms with Crippen molar-refractivity contribution in [1.82, 2.24) is 4.90 Å². The van der Waals surface area contributed by atoms with Crippen LogP contribution in [0.3, 0.4) is 0 Å². The van der Waals surface area contributed by atoms with Crippen LogP contribution in [0.1, 0.15) is 36.8 Å². The van der Waals surface area contributed by atoms with Crippen LogP contribution in [0.4, 0.5) is 17.6 Å². The molecule has 1 aliphatic rings. The highest BCUT2D eigenvalue weighted by Crippen LogP contribution is 2.36. The number of nitrogens with zero attached hydrogens (tertiary/aromatic N) is 1. The molecule has 1 aliphatic heterocycles. The zero-order chi connectivity index (χ0) is 14.0. The second kappa shape index (κ2) is 5.49. The molecular formula is C14H17F4N. The quantitative estimate of drug-likeness (QED) is 0.736. The number of likely N-dealkylation sites (tertiary alicyclic amines) is 1. The number of piperidine rings is 1. The molecule has 106 valence electrons. The first-order valence-corrected chi connectivity index (χ1v) is 6.51. The lowest BCUT2D eigenvalue weighted by atomic mass is 9.88. The topological polar surface area (TPSA) is 3.24 Å². The van der Waals surface area contributed by atoms with Gasteiger partial charge >= 0.3 is 6.18 Å². The Hall–Kier alpha value is -1.10. The van der Waals surface area contributed by atoms with Gasteiger partial charge in [-0.1, -0.05) is 19.1 Å². The fourth-order valence-electron chi connectivity index (χ4n) is 2.64. The Labute approximate surface area is 110 Å². The lowest BCUT2D eigenvalue weighted by Gasteiger charge is -2.31. The van der Waals surface area contributed by atoms with Crippen LogP contribution in [0.2, 0.25) is 0 Å². The number of halogens is 4. The lowest BCUT2D eigenvalue weighted by Crippen LogP contribution is -2.33. The normalized spacial score (nSPS) is 18.8. The van der Waals surface area contributed by atoms with E-state index in [2.05, 4.69) is 4.90 Å². The maximum absolute atomic E-state index is 14.0. The van der Waals surface area contributed by atoms with Crippen molar-refractivity contribution in [2.75, 3.05) is 19.6 Å². The van der Waals surface area contributed by atoms with Gasteiger partial charge in [-0.15, -0.1) is 0 Å². The van der Waals surface area contributed by atoms with Gasteiger partial charge < -0.3 is 4.90 Å². The SMILES string of the molecule is CCN1CCC(c2cccc(C(F)(F)F)c2F)CC1. The van der Waals surface area contributed by atoms with Gasteiger partial charge in [-0.3, -0.25) is 0 Å². The van der Waals surface area contributed by atoms with Crippen molar-refractivity contribution in [3.8, 4) is 0 Å². The highest BCUT2D eigenvalue weighted by atomic mass is 19.4. The third-order valence-electron chi connectivity index (χ3n) is 3.81. The van der Waals surface area contributed by atoms with Gasteiger partial charge in [-0.25, -0.2) is 4.39 Å². The summed E-state index contributed by atoms with van der Waals surface area (Å²) in [6.07, 6.45) is -3.19. The molecule has 19 heavy (non-hydrogen) atoms. The van der Waals surface area contributed by atoms with Crippen LogP contribution in [0.15, 0.2) is 18.2 Å². The first-order valence-electron chi connectivity index (χ1n) is 6.51. The minimum atomic E-state index is -4.62. The van der Waals surface area contributed by atoms with Crippen LogP contribution >= 0.6 is 0 Å². The molecule has 0 amide bonds. The molecule has 1 aromatic carbocycles. The van der Waals surface area contributed by atoms with E-state index in [4.69, 9.17) is 0 Å². The summed E-state index contributed by atoms with van der Waals surface area (Å²) in [4.78, 5) is 2.22. The highest BCUT2D eigenvalue weighted by Gasteiger charge is 2.36.